The highest BCUT2D eigenvalue weighted by molar-refractivity contribution is 5.45. The van der Waals surface area contributed by atoms with Crippen molar-refractivity contribution in [2.24, 2.45) is 5.73 Å². The second-order valence-corrected chi connectivity index (χ2v) is 3.91. The van der Waals surface area contributed by atoms with Crippen LogP contribution in [0.5, 0.6) is 11.5 Å². The minimum absolute atomic E-state index is 0.353. The molecule has 0 spiro atoms. The lowest BCUT2D eigenvalue weighted by Gasteiger charge is -2.23. The first-order chi connectivity index (χ1) is 6.90. The number of rotatable bonds is 3. The van der Waals surface area contributed by atoms with Crippen molar-refractivity contribution < 1.29 is 13.9 Å². The van der Waals surface area contributed by atoms with Gasteiger partial charge in [-0.15, -0.1) is 0 Å². The maximum atomic E-state index is 13.7. The van der Waals surface area contributed by atoms with Gasteiger partial charge < -0.3 is 15.2 Å². The van der Waals surface area contributed by atoms with Crippen LogP contribution < -0.4 is 15.2 Å². The molecule has 0 aliphatic heterocycles. The predicted molar refractivity (Wildman–Crippen MR) is 56.7 cm³/mol. The van der Waals surface area contributed by atoms with Crippen molar-refractivity contribution in [2.45, 2.75) is 19.4 Å². The van der Waals surface area contributed by atoms with Gasteiger partial charge in [0.2, 0.25) is 0 Å². The predicted octanol–water partition coefficient (Wildman–Crippen LogP) is 2.04. The molecule has 0 saturated heterocycles. The van der Waals surface area contributed by atoms with E-state index in [0.29, 0.717) is 17.1 Å². The second-order valence-electron chi connectivity index (χ2n) is 3.91. The normalized spacial score (nSPS) is 11.3. The molecule has 0 aliphatic rings. The summed E-state index contributed by atoms with van der Waals surface area (Å²) in [5.74, 6) is 0.399. The Labute approximate surface area is 89.0 Å². The maximum absolute atomic E-state index is 13.7. The Morgan fingerprint density at radius 3 is 2.20 bits per heavy atom. The molecule has 2 N–H and O–H groups in total. The Bertz CT molecular complexity index is 358. The zero-order valence-electron chi connectivity index (χ0n) is 9.43. The third-order valence-electron chi connectivity index (χ3n) is 2.13. The van der Waals surface area contributed by atoms with Crippen molar-refractivity contribution in [1.82, 2.24) is 0 Å². The van der Waals surface area contributed by atoms with Crippen LogP contribution in [0.25, 0.3) is 0 Å². The Balaban J connectivity index is 3.38. The lowest BCUT2D eigenvalue weighted by Crippen LogP contribution is -2.30. The molecule has 0 aliphatic carbocycles. The first-order valence-corrected chi connectivity index (χ1v) is 4.61. The Morgan fingerprint density at radius 2 is 1.80 bits per heavy atom. The summed E-state index contributed by atoms with van der Waals surface area (Å²) in [6.07, 6.45) is 0. The molecule has 84 valence electrons. The second kappa shape index (κ2) is 4.06. The van der Waals surface area contributed by atoms with Gasteiger partial charge in [0.1, 0.15) is 17.3 Å². The van der Waals surface area contributed by atoms with Gasteiger partial charge in [-0.25, -0.2) is 4.39 Å². The van der Waals surface area contributed by atoms with E-state index in [1.807, 2.05) is 0 Å². The van der Waals surface area contributed by atoms with E-state index < -0.39 is 11.4 Å². The molecule has 1 rings (SSSR count). The van der Waals surface area contributed by atoms with Crippen LogP contribution in [-0.4, -0.2) is 14.2 Å². The number of methoxy groups -OCH3 is 2. The molecule has 1 aromatic rings. The standard InChI is InChI=1S/C11H16FNO2/c1-11(2,13)10-8(12)5-7(14-3)6-9(10)15-4/h5-6H,13H2,1-4H3. The smallest absolute Gasteiger partial charge is 0.135 e. The molecule has 0 radical (unpaired) electrons. The molecule has 0 saturated carbocycles. The summed E-state index contributed by atoms with van der Waals surface area (Å²) >= 11 is 0. The molecule has 15 heavy (non-hydrogen) atoms. The zero-order valence-corrected chi connectivity index (χ0v) is 9.43. The molecule has 0 bridgehead atoms. The van der Waals surface area contributed by atoms with Gasteiger partial charge in [0.25, 0.3) is 0 Å². The van der Waals surface area contributed by atoms with E-state index in [2.05, 4.69) is 0 Å². The first-order valence-electron chi connectivity index (χ1n) is 4.61. The third kappa shape index (κ3) is 2.39. The molecule has 3 nitrogen and oxygen atoms in total. The fraction of sp³-hybridized carbons (Fsp3) is 0.455. The molecule has 1 aromatic carbocycles. The topological polar surface area (TPSA) is 44.5 Å². The molecule has 0 fully saturated rings. The van der Waals surface area contributed by atoms with E-state index in [9.17, 15) is 4.39 Å². The van der Waals surface area contributed by atoms with Gasteiger partial charge in [0.15, 0.2) is 0 Å². The van der Waals surface area contributed by atoms with Crippen molar-refractivity contribution in [1.29, 1.82) is 0 Å². The Hall–Kier alpha value is -1.29. The summed E-state index contributed by atoms with van der Waals surface area (Å²) < 4.78 is 23.8. The Kier molecular flexibility index (Phi) is 3.19. The largest absolute Gasteiger partial charge is 0.497 e. The van der Waals surface area contributed by atoms with Crippen LogP contribution in [0.2, 0.25) is 0 Å². The lowest BCUT2D eigenvalue weighted by atomic mass is 9.94. The van der Waals surface area contributed by atoms with E-state index >= 15 is 0 Å². The minimum Gasteiger partial charge on any atom is -0.497 e. The van der Waals surface area contributed by atoms with Crippen LogP contribution >= 0.6 is 0 Å². The van der Waals surface area contributed by atoms with E-state index in [1.54, 1.807) is 19.9 Å². The van der Waals surface area contributed by atoms with Crippen molar-refractivity contribution in [2.75, 3.05) is 14.2 Å². The average Bonchev–Trinajstić information content (AvgIpc) is 2.14. The number of hydrogen-bond donors (Lipinski definition) is 1. The van der Waals surface area contributed by atoms with Crippen LogP contribution in [0.15, 0.2) is 12.1 Å². The SMILES string of the molecule is COc1cc(F)c(C(C)(C)N)c(OC)c1. The number of halogens is 1. The van der Waals surface area contributed by atoms with E-state index in [1.165, 1.54) is 20.3 Å². The summed E-state index contributed by atoms with van der Waals surface area (Å²) in [7, 11) is 2.95. The monoisotopic (exact) mass is 213 g/mol. The van der Waals surface area contributed by atoms with Crippen molar-refractivity contribution in [3.63, 3.8) is 0 Å². The summed E-state index contributed by atoms with van der Waals surface area (Å²) in [6.45, 7) is 3.45. The van der Waals surface area contributed by atoms with Gasteiger partial charge >= 0.3 is 0 Å². The highest BCUT2D eigenvalue weighted by Gasteiger charge is 2.24. The number of hydrogen-bond acceptors (Lipinski definition) is 3. The average molecular weight is 213 g/mol. The summed E-state index contributed by atoms with van der Waals surface area (Å²) in [5, 5.41) is 0. The van der Waals surface area contributed by atoms with Gasteiger partial charge in [0, 0.05) is 23.2 Å². The molecular formula is C11H16FNO2. The van der Waals surface area contributed by atoms with Crippen LogP contribution in [0.4, 0.5) is 4.39 Å². The van der Waals surface area contributed by atoms with E-state index in [4.69, 9.17) is 15.2 Å². The van der Waals surface area contributed by atoms with Gasteiger partial charge in [-0.3, -0.25) is 0 Å². The van der Waals surface area contributed by atoms with Gasteiger partial charge in [-0.1, -0.05) is 0 Å². The Morgan fingerprint density at radius 1 is 1.20 bits per heavy atom. The van der Waals surface area contributed by atoms with Crippen molar-refractivity contribution in [3.8, 4) is 11.5 Å². The fourth-order valence-corrected chi connectivity index (χ4v) is 1.46. The molecule has 0 aromatic heterocycles. The van der Waals surface area contributed by atoms with Gasteiger partial charge in [0.05, 0.1) is 14.2 Å². The van der Waals surface area contributed by atoms with Gasteiger partial charge in [-0.05, 0) is 13.8 Å². The third-order valence-corrected chi connectivity index (χ3v) is 2.13. The molecular weight excluding hydrogens is 197 g/mol. The first kappa shape index (κ1) is 11.8. The van der Waals surface area contributed by atoms with Crippen LogP contribution in [0, 0.1) is 5.82 Å². The minimum atomic E-state index is -0.790. The van der Waals surface area contributed by atoms with Crippen LogP contribution in [0.1, 0.15) is 19.4 Å². The number of benzene rings is 1. The fourth-order valence-electron chi connectivity index (χ4n) is 1.46. The molecule has 0 atom stereocenters. The molecule has 0 unspecified atom stereocenters. The summed E-state index contributed by atoms with van der Waals surface area (Å²) in [4.78, 5) is 0. The van der Waals surface area contributed by atoms with Crippen LogP contribution in [0.3, 0.4) is 0 Å². The van der Waals surface area contributed by atoms with Crippen molar-refractivity contribution >= 4 is 0 Å². The van der Waals surface area contributed by atoms with E-state index in [0.717, 1.165) is 0 Å². The highest BCUT2D eigenvalue weighted by atomic mass is 19.1. The number of nitrogens with two attached hydrogens (primary N) is 1. The molecule has 0 heterocycles. The molecule has 0 amide bonds. The lowest BCUT2D eigenvalue weighted by molar-refractivity contribution is 0.369. The molecule has 4 heteroatoms. The summed E-state index contributed by atoms with van der Waals surface area (Å²) in [5.41, 5.74) is 5.43. The van der Waals surface area contributed by atoms with E-state index in [-0.39, 0.29) is 0 Å². The van der Waals surface area contributed by atoms with Crippen LogP contribution in [-0.2, 0) is 5.54 Å². The quantitative estimate of drug-likeness (QED) is 0.835. The maximum Gasteiger partial charge on any atom is 0.135 e. The summed E-state index contributed by atoms with van der Waals surface area (Å²) in [6, 6.07) is 2.92. The highest BCUT2D eigenvalue weighted by Crippen LogP contribution is 2.33. The van der Waals surface area contributed by atoms with Crippen molar-refractivity contribution in [3.05, 3.63) is 23.5 Å². The number of ether oxygens (including phenoxy) is 2. The zero-order chi connectivity index (χ0) is 11.6. The van der Waals surface area contributed by atoms with Gasteiger partial charge in [-0.2, -0.15) is 0 Å².